The Balaban J connectivity index is 1.74. The summed E-state index contributed by atoms with van der Waals surface area (Å²) in [6.45, 7) is 0. The lowest BCUT2D eigenvalue weighted by Gasteiger charge is -2.42. The monoisotopic (exact) mass is 246 g/mol. The van der Waals surface area contributed by atoms with Gasteiger partial charge >= 0.3 is 0 Å². The molecule has 18 heavy (non-hydrogen) atoms. The fraction of sp³-hybridized carbons (Fsp3) is 0.625. The Morgan fingerprint density at radius 3 is 2.67 bits per heavy atom. The fourth-order valence-corrected chi connectivity index (χ4v) is 3.33. The van der Waals surface area contributed by atoms with Gasteiger partial charge in [0.2, 0.25) is 0 Å². The molecule has 0 aliphatic heterocycles. The molecule has 1 atom stereocenters. The molecule has 1 aromatic carbocycles. The van der Waals surface area contributed by atoms with Crippen molar-refractivity contribution >= 4 is 0 Å². The van der Waals surface area contributed by atoms with Gasteiger partial charge in [0, 0.05) is 13.5 Å². The number of aryl methyl sites for hydroxylation is 2. The van der Waals surface area contributed by atoms with E-state index in [1.807, 2.05) is 0 Å². The number of rotatable bonds is 4. The number of aliphatic hydroxyl groups excluding tert-OH is 1. The molecule has 0 radical (unpaired) electrons. The predicted octanol–water partition coefficient (Wildman–Crippen LogP) is 3.17. The van der Waals surface area contributed by atoms with Crippen LogP contribution < -0.4 is 0 Å². The normalized spacial score (nSPS) is 22.3. The summed E-state index contributed by atoms with van der Waals surface area (Å²) < 4.78 is 5.60. The molecule has 3 rings (SSSR count). The number of hydrogen-bond acceptors (Lipinski definition) is 2. The minimum atomic E-state index is -0.379. The Labute approximate surface area is 109 Å². The van der Waals surface area contributed by atoms with E-state index in [0.717, 1.165) is 24.8 Å². The molecule has 2 aliphatic rings. The van der Waals surface area contributed by atoms with Crippen molar-refractivity contribution in [3.8, 4) is 0 Å². The second kappa shape index (κ2) is 4.67. The van der Waals surface area contributed by atoms with Gasteiger partial charge in [0.15, 0.2) is 0 Å². The SMILES string of the molecule is COC1(CC(O)c2ccc3c(c2)CCC3)CCC1. The molecule has 0 aromatic heterocycles. The molecule has 0 amide bonds. The highest BCUT2D eigenvalue weighted by Gasteiger charge is 2.39. The first kappa shape index (κ1) is 12.2. The first-order chi connectivity index (χ1) is 8.72. The van der Waals surface area contributed by atoms with Crippen molar-refractivity contribution in [3.63, 3.8) is 0 Å². The van der Waals surface area contributed by atoms with Crippen LogP contribution in [-0.4, -0.2) is 17.8 Å². The van der Waals surface area contributed by atoms with Crippen molar-refractivity contribution in [2.45, 2.75) is 56.7 Å². The number of benzene rings is 1. The zero-order valence-electron chi connectivity index (χ0n) is 11.1. The molecule has 0 spiro atoms. The van der Waals surface area contributed by atoms with E-state index in [1.54, 1.807) is 7.11 Å². The van der Waals surface area contributed by atoms with E-state index in [0.29, 0.717) is 0 Å². The zero-order chi connectivity index (χ0) is 12.6. The van der Waals surface area contributed by atoms with Gasteiger partial charge in [-0.05, 0) is 55.2 Å². The summed E-state index contributed by atoms with van der Waals surface area (Å²) in [4.78, 5) is 0. The van der Waals surface area contributed by atoms with E-state index in [1.165, 1.54) is 36.8 Å². The molecular formula is C16H22O2. The lowest BCUT2D eigenvalue weighted by Crippen LogP contribution is -2.40. The molecule has 1 unspecified atom stereocenters. The van der Waals surface area contributed by atoms with Crippen molar-refractivity contribution in [2.24, 2.45) is 0 Å². The van der Waals surface area contributed by atoms with Gasteiger partial charge in [-0.25, -0.2) is 0 Å². The van der Waals surface area contributed by atoms with Crippen LogP contribution >= 0.6 is 0 Å². The van der Waals surface area contributed by atoms with Crippen molar-refractivity contribution in [1.82, 2.24) is 0 Å². The van der Waals surface area contributed by atoms with Gasteiger partial charge < -0.3 is 9.84 Å². The van der Waals surface area contributed by atoms with Gasteiger partial charge in [-0.15, -0.1) is 0 Å². The number of fused-ring (bicyclic) bond motifs is 1. The van der Waals surface area contributed by atoms with Crippen molar-refractivity contribution < 1.29 is 9.84 Å². The fourth-order valence-electron chi connectivity index (χ4n) is 3.33. The average molecular weight is 246 g/mol. The minimum absolute atomic E-state index is 0.0571. The summed E-state index contributed by atoms with van der Waals surface area (Å²) in [6, 6.07) is 6.49. The molecule has 1 N–H and O–H groups in total. The smallest absolute Gasteiger partial charge is 0.0817 e. The Morgan fingerprint density at radius 2 is 2.00 bits per heavy atom. The van der Waals surface area contributed by atoms with Crippen LogP contribution in [0.2, 0.25) is 0 Å². The van der Waals surface area contributed by atoms with Crippen LogP contribution in [0, 0.1) is 0 Å². The third kappa shape index (κ3) is 2.08. The molecule has 0 saturated heterocycles. The minimum Gasteiger partial charge on any atom is -0.388 e. The highest BCUT2D eigenvalue weighted by Crippen LogP contribution is 2.42. The van der Waals surface area contributed by atoms with Gasteiger partial charge in [-0.3, -0.25) is 0 Å². The quantitative estimate of drug-likeness (QED) is 0.884. The Bertz CT molecular complexity index is 429. The molecular weight excluding hydrogens is 224 g/mol. The molecule has 0 heterocycles. The van der Waals surface area contributed by atoms with Crippen molar-refractivity contribution in [3.05, 3.63) is 34.9 Å². The lowest BCUT2D eigenvalue weighted by atomic mass is 9.75. The zero-order valence-corrected chi connectivity index (χ0v) is 11.1. The first-order valence-electron chi connectivity index (χ1n) is 7.07. The van der Waals surface area contributed by atoms with E-state index in [4.69, 9.17) is 4.74 Å². The maximum absolute atomic E-state index is 10.4. The molecule has 1 saturated carbocycles. The van der Waals surface area contributed by atoms with E-state index >= 15 is 0 Å². The van der Waals surface area contributed by atoms with Crippen molar-refractivity contribution in [1.29, 1.82) is 0 Å². The second-order valence-electron chi connectivity index (χ2n) is 5.84. The summed E-state index contributed by atoms with van der Waals surface area (Å²) in [5, 5.41) is 10.4. The highest BCUT2D eigenvalue weighted by molar-refractivity contribution is 5.36. The predicted molar refractivity (Wildman–Crippen MR) is 71.6 cm³/mol. The van der Waals surface area contributed by atoms with Crippen LogP contribution in [-0.2, 0) is 17.6 Å². The van der Waals surface area contributed by atoms with E-state index < -0.39 is 0 Å². The summed E-state index contributed by atoms with van der Waals surface area (Å²) in [6.07, 6.45) is 7.40. The number of hydrogen-bond donors (Lipinski definition) is 1. The lowest BCUT2D eigenvalue weighted by molar-refractivity contribution is -0.0999. The van der Waals surface area contributed by atoms with Gasteiger partial charge in [0.05, 0.1) is 11.7 Å². The first-order valence-corrected chi connectivity index (χ1v) is 7.07. The molecule has 2 aliphatic carbocycles. The van der Waals surface area contributed by atoms with Crippen LogP contribution in [0.25, 0.3) is 0 Å². The van der Waals surface area contributed by atoms with Gasteiger partial charge in [0.25, 0.3) is 0 Å². The molecule has 1 aromatic rings. The van der Waals surface area contributed by atoms with Gasteiger partial charge in [-0.2, -0.15) is 0 Å². The highest BCUT2D eigenvalue weighted by atomic mass is 16.5. The van der Waals surface area contributed by atoms with Crippen LogP contribution in [0.1, 0.15) is 54.9 Å². The Kier molecular flexibility index (Phi) is 3.16. The van der Waals surface area contributed by atoms with Gasteiger partial charge in [-0.1, -0.05) is 18.2 Å². The molecule has 2 heteroatoms. The maximum atomic E-state index is 10.4. The Hall–Kier alpha value is -0.860. The van der Waals surface area contributed by atoms with Crippen LogP contribution in [0.4, 0.5) is 0 Å². The van der Waals surface area contributed by atoms with Crippen LogP contribution in [0.3, 0.4) is 0 Å². The number of ether oxygens (including phenoxy) is 1. The van der Waals surface area contributed by atoms with Gasteiger partial charge in [0.1, 0.15) is 0 Å². The molecule has 98 valence electrons. The van der Waals surface area contributed by atoms with Crippen LogP contribution in [0.5, 0.6) is 0 Å². The third-order valence-corrected chi connectivity index (χ3v) is 4.77. The molecule has 0 bridgehead atoms. The Morgan fingerprint density at radius 1 is 1.22 bits per heavy atom. The third-order valence-electron chi connectivity index (χ3n) is 4.77. The summed E-state index contributed by atoms with van der Waals surface area (Å²) >= 11 is 0. The summed E-state index contributed by atoms with van der Waals surface area (Å²) in [5.74, 6) is 0. The second-order valence-corrected chi connectivity index (χ2v) is 5.84. The molecule has 1 fully saturated rings. The standard InChI is InChI=1S/C16H22O2/c1-18-16(8-3-9-16)11-15(17)14-7-6-12-4-2-5-13(12)10-14/h6-7,10,15,17H,2-5,8-9,11H2,1H3. The van der Waals surface area contributed by atoms with Crippen molar-refractivity contribution in [2.75, 3.05) is 7.11 Å². The van der Waals surface area contributed by atoms with E-state index in [9.17, 15) is 5.11 Å². The van der Waals surface area contributed by atoms with Crippen LogP contribution in [0.15, 0.2) is 18.2 Å². The van der Waals surface area contributed by atoms with E-state index in [2.05, 4.69) is 18.2 Å². The van der Waals surface area contributed by atoms with E-state index in [-0.39, 0.29) is 11.7 Å². The molecule has 2 nitrogen and oxygen atoms in total. The number of aliphatic hydroxyl groups is 1. The summed E-state index contributed by atoms with van der Waals surface area (Å²) in [5.41, 5.74) is 3.92. The average Bonchev–Trinajstić information content (AvgIpc) is 2.80. The maximum Gasteiger partial charge on any atom is 0.0817 e. The largest absolute Gasteiger partial charge is 0.388 e. The topological polar surface area (TPSA) is 29.5 Å². The summed E-state index contributed by atoms with van der Waals surface area (Å²) in [7, 11) is 1.77. The number of methoxy groups -OCH3 is 1.